The molecule has 0 atom stereocenters. The first-order chi connectivity index (χ1) is 6.50. The van der Waals surface area contributed by atoms with Crippen LogP contribution in [0.4, 0.5) is 4.39 Å². The topological polar surface area (TPSA) is 49.7 Å². The molecule has 0 aliphatic carbocycles. The SMILES string of the molecule is CC(C)Oc1ccc(F)cc1B(O)O. The van der Waals surface area contributed by atoms with E-state index in [0.29, 0.717) is 0 Å². The van der Waals surface area contributed by atoms with E-state index in [-0.39, 0.29) is 17.3 Å². The van der Waals surface area contributed by atoms with Gasteiger partial charge in [0.15, 0.2) is 0 Å². The van der Waals surface area contributed by atoms with E-state index >= 15 is 0 Å². The van der Waals surface area contributed by atoms with Gasteiger partial charge in [0.2, 0.25) is 0 Å². The van der Waals surface area contributed by atoms with Crippen LogP contribution in [-0.4, -0.2) is 23.3 Å². The lowest BCUT2D eigenvalue weighted by Gasteiger charge is -2.13. The maximum absolute atomic E-state index is 12.8. The number of ether oxygens (including phenoxy) is 1. The molecule has 0 aliphatic heterocycles. The summed E-state index contributed by atoms with van der Waals surface area (Å²) in [5.41, 5.74) is 0.0405. The molecule has 1 rings (SSSR count). The molecular formula is C9H12BFO3. The van der Waals surface area contributed by atoms with Gasteiger partial charge in [0.05, 0.1) is 6.10 Å². The third kappa shape index (κ3) is 2.72. The molecule has 14 heavy (non-hydrogen) atoms. The molecule has 0 saturated heterocycles. The maximum atomic E-state index is 12.8. The van der Waals surface area contributed by atoms with Crippen molar-refractivity contribution in [1.29, 1.82) is 0 Å². The molecule has 0 aromatic heterocycles. The van der Waals surface area contributed by atoms with Gasteiger partial charge in [0, 0.05) is 5.46 Å². The smallest absolute Gasteiger partial charge is 0.491 e. The van der Waals surface area contributed by atoms with Crippen molar-refractivity contribution in [3.63, 3.8) is 0 Å². The lowest BCUT2D eigenvalue weighted by atomic mass is 9.79. The van der Waals surface area contributed by atoms with Crippen LogP contribution in [0.3, 0.4) is 0 Å². The van der Waals surface area contributed by atoms with E-state index in [2.05, 4.69) is 0 Å². The summed E-state index contributed by atoms with van der Waals surface area (Å²) in [7, 11) is -1.72. The van der Waals surface area contributed by atoms with Gasteiger partial charge in [0.25, 0.3) is 0 Å². The zero-order valence-electron chi connectivity index (χ0n) is 8.07. The second-order valence-corrected chi connectivity index (χ2v) is 3.22. The fourth-order valence-electron chi connectivity index (χ4n) is 1.08. The van der Waals surface area contributed by atoms with Crippen LogP contribution in [0, 0.1) is 5.82 Å². The van der Waals surface area contributed by atoms with E-state index in [0.717, 1.165) is 6.07 Å². The molecule has 0 aliphatic rings. The number of hydrogen-bond acceptors (Lipinski definition) is 3. The van der Waals surface area contributed by atoms with Gasteiger partial charge in [-0.15, -0.1) is 0 Å². The number of hydrogen-bond donors (Lipinski definition) is 2. The summed E-state index contributed by atoms with van der Waals surface area (Å²) in [5, 5.41) is 17.9. The minimum Gasteiger partial charge on any atom is -0.491 e. The molecule has 0 bridgehead atoms. The largest absolute Gasteiger partial charge is 0.492 e. The Morgan fingerprint density at radius 2 is 2.00 bits per heavy atom. The van der Waals surface area contributed by atoms with E-state index in [1.165, 1.54) is 12.1 Å². The van der Waals surface area contributed by atoms with Crippen molar-refractivity contribution in [2.75, 3.05) is 0 Å². The highest BCUT2D eigenvalue weighted by atomic mass is 19.1. The molecule has 3 nitrogen and oxygen atoms in total. The van der Waals surface area contributed by atoms with Crippen LogP contribution in [0.15, 0.2) is 18.2 Å². The minimum absolute atomic E-state index is 0.0405. The van der Waals surface area contributed by atoms with E-state index in [4.69, 9.17) is 14.8 Å². The zero-order valence-corrected chi connectivity index (χ0v) is 8.07. The predicted molar refractivity (Wildman–Crippen MR) is 52.0 cm³/mol. The Kier molecular flexibility index (Phi) is 3.49. The molecule has 2 N–H and O–H groups in total. The minimum atomic E-state index is -1.72. The van der Waals surface area contributed by atoms with Crippen LogP contribution in [0.2, 0.25) is 0 Å². The first-order valence-electron chi connectivity index (χ1n) is 4.33. The summed E-state index contributed by atoms with van der Waals surface area (Å²) in [6.07, 6.45) is -0.0991. The van der Waals surface area contributed by atoms with Gasteiger partial charge in [-0.25, -0.2) is 4.39 Å². The highest BCUT2D eigenvalue weighted by Crippen LogP contribution is 2.11. The van der Waals surface area contributed by atoms with E-state index in [9.17, 15) is 4.39 Å². The Bertz CT molecular complexity index is 315. The monoisotopic (exact) mass is 198 g/mol. The molecule has 0 fully saturated rings. The Labute approximate surface area is 82.3 Å². The second-order valence-electron chi connectivity index (χ2n) is 3.22. The van der Waals surface area contributed by atoms with Crippen LogP contribution in [-0.2, 0) is 0 Å². The average molecular weight is 198 g/mol. The lowest BCUT2D eigenvalue weighted by Crippen LogP contribution is -2.32. The summed E-state index contributed by atoms with van der Waals surface area (Å²) < 4.78 is 18.0. The molecule has 0 amide bonds. The fraction of sp³-hybridized carbons (Fsp3) is 0.333. The molecular weight excluding hydrogens is 186 g/mol. The zero-order chi connectivity index (χ0) is 10.7. The maximum Gasteiger partial charge on any atom is 0.492 e. The number of halogens is 1. The van der Waals surface area contributed by atoms with Crippen molar-refractivity contribution in [2.45, 2.75) is 20.0 Å². The van der Waals surface area contributed by atoms with Gasteiger partial charge in [-0.3, -0.25) is 0 Å². The highest BCUT2D eigenvalue weighted by molar-refractivity contribution is 6.59. The van der Waals surface area contributed by atoms with Crippen molar-refractivity contribution >= 4 is 12.6 Å². The predicted octanol–water partition coefficient (Wildman–Crippen LogP) is 0.293. The van der Waals surface area contributed by atoms with Crippen molar-refractivity contribution in [1.82, 2.24) is 0 Å². The summed E-state index contributed by atoms with van der Waals surface area (Å²) in [6, 6.07) is 3.64. The first-order valence-corrected chi connectivity index (χ1v) is 4.33. The standard InChI is InChI=1S/C9H12BFO3/c1-6(2)14-9-4-3-7(11)5-8(9)10(12)13/h3-6,12-13H,1-2H3. The fourth-order valence-corrected chi connectivity index (χ4v) is 1.08. The molecule has 5 heteroatoms. The Morgan fingerprint density at radius 3 is 2.50 bits per heavy atom. The molecule has 76 valence electrons. The van der Waals surface area contributed by atoms with Crippen LogP contribution in [0.5, 0.6) is 5.75 Å². The Hall–Kier alpha value is -1.07. The molecule has 1 aromatic carbocycles. The quantitative estimate of drug-likeness (QED) is 0.686. The summed E-state index contributed by atoms with van der Waals surface area (Å²) in [5.74, 6) is -0.236. The van der Waals surface area contributed by atoms with Gasteiger partial charge in [-0.2, -0.15) is 0 Å². The summed E-state index contributed by atoms with van der Waals surface area (Å²) in [4.78, 5) is 0. The van der Waals surface area contributed by atoms with Gasteiger partial charge in [-0.1, -0.05) is 0 Å². The van der Waals surface area contributed by atoms with Gasteiger partial charge in [-0.05, 0) is 32.0 Å². The Balaban J connectivity index is 3.02. The van der Waals surface area contributed by atoms with Crippen LogP contribution in [0.1, 0.15) is 13.8 Å². The second kappa shape index (κ2) is 4.44. The van der Waals surface area contributed by atoms with Crippen molar-refractivity contribution in [2.24, 2.45) is 0 Å². The van der Waals surface area contributed by atoms with Gasteiger partial charge >= 0.3 is 7.12 Å². The first kappa shape index (κ1) is 11.0. The third-order valence-corrected chi connectivity index (χ3v) is 1.61. The Morgan fingerprint density at radius 1 is 1.36 bits per heavy atom. The molecule has 0 unspecified atom stereocenters. The average Bonchev–Trinajstić information content (AvgIpc) is 2.07. The van der Waals surface area contributed by atoms with Crippen molar-refractivity contribution in [3.8, 4) is 5.75 Å². The molecule has 1 aromatic rings. The molecule has 0 saturated carbocycles. The van der Waals surface area contributed by atoms with Crippen LogP contribution >= 0.6 is 0 Å². The summed E-state index contributed by atoms with van der Waals surface area (Å²) in [6.45, 7) is 3.60. The van der Waals surface area contributed by atoms with Gasteiger partial charge in [0.1, 0.15) is 11.6 Å². The molecule has 0 spiro atoms. The van der Waals surface area contributed by atoms with E-state index < -0.39 is 12.9 Å². The normalized spacial score (nSPS) is 10.4. The number of rotatable bonds is 3. The summed E-state index contributed by atoms with van der Waals surface area (Å²) >= 11 is 0. The number of benzene rings is 1. The van der Waals surface area contributed by atoms with Crippen molar-refractivity contribution in [3.05, 3.63) is 24.0 Å². The lowest BCUT2D eigenvalue weighted by molar-refractivity contribution is 0.243. The van der Waals surface area contributed by atoms with E-state index in [1.807, 2.05) is 0 Å². The molecule has 0 radical (unpaired) electrons. The van der Waals surface area contributed by atoms with Crippen molar-refractivity contribution < 1.29 is 19.2 Å². The molecule has 0 heterocycles. The van der Waals surface area contributed by atoms with Gasteiger partial charge < -0.3 is 14.8 Å². The van der Waals surface area contributed by atoms with Crippen LogP contribution < -0.4 is 10.2 Å². The van der Waals surface area contributed by atoms with E-state index in [1.54, 1.807) is 13.8 Å². The highest BCUT2D eigenvalue weighted by Gasteiger charge is 2.18. The third-order valence-electron chi connectivity index (χ3n) is 1.61. The van der Waals surface area contributed by atoms with Crippen LogP contribution in [0.25, 0.3) is 0 Å².